The first-order valence-corrected chi connectivity index (χ1v) is 10.4. The van der Waals surface area contributed by atoms with Crippen LogP contribution in [-0.2, 0) is 19.0 Å². The maximum Gasteiger partial charge on any atom is 0.305 e. The van der Waals surface area contributed by atoms with Gasteiger partial charge in [-0.3, -0.25) is 4.79 Å². The quantitative estimate of drug-likeness (QED) is 0.265. The highest BCUT2D eigenvalue weighted by atomic mass is 16.7. The van der Waals surface area contributed by atoms with Gasteiger partial charge in [0.05, 0.1) is 26.0 Å². The van der Waals surface area contributed by atoms with Gasteiger partial charge in [-0.15, -0.1) is 5.10 Å². The van der Waals surface area contributed by atoms with E-state index in [9.17, 15) is 4.79 Å². The number of ether oxygens (including phenoxy) is 3. The number of carbonyl (C=O) groups excluding carboxylic acids is 1. The van der Waals surface area contributed by atoms with Crippen molar-refractivity contribution in [3.63, 3.8) is 0 Å². The van der Waals surface area contributed by atoms with E-state index in [1.54, 1.807) is 6.20 Å². The monoisotopic (exact) mass is 414 g/mol. The summed E-state index contributed by atoms with van der Waals surface area (Å²) in [5.41, 5.74) is 6.40. The maximum absolute atomic E-state index is 11.1. The van der Waals surface area contributed by atoms with Crippen LogP contribution in [0.25, 0.3) is 10.8 Å². The van der Waals surface area contributed by atoms with Crippen LogP contribution in [0.1, 0.15) is 32.6 Å². The average Bonchev–Trinajstić information content (AvgIpc) is 2.77. The molecule has 0 unspecified atom stereocenters. The average molecular weight is 415 g/mol. The Labute approximate surface area is 177 Å². The molecule has 1 saturated heterocycles. The summed E-state index contributed by atoms with van der Waals surface area (Å²) in [6, 6.07) is 7.97. The Kier molecular flexibility index (Phi) is 8.55. The second kappa shape index (κ2) is 11.6. The fourth-order valence-electron chi connectivity index (χ4n) is 3.41. The van der Waals surface area contributed by atoms with Crippen molar-refractivity contribution in [3.05, 3.63) is 42.6 Å². The molecule has 0 saturated carbocycles. The standard InChI is InChI=1S/C22H30N4O4/c1-16-29-15-18(10-5-3-4-6-12-21(27)28-2)20(30-16)14-24-26-22-19-11-8-7-9-17(19)13-23-25-22/h3,5,7-9,11,13,16,18,20,24H,4,6,10,12,14-15H2,1-2H3,(H,25,26)/b5-3-/t16-,18+,20+/m1/s1. The minimum Gasteiger partial charge on any atom is -0.469 e. The first-order valence-electron chi connectivity index (χ1n) is 10.4. The third-order valence-corrected chi connectivity index (χ3v) is 5.10. The molecule has 0 bridgehead atoms. The van der Waals surface area contributed by atoms with E-state index in [1.807, 2.05) is 31.2 Å². The smallest absolute Gasteiger partial charge is 0.305 e. The Morgan fingerprint density at radius 3 is 3.07 bits per heavy atom. The number of hydrazine groups is 1. The molecule has 2 N–H and O–H groups in total. The summed E-state index contributed by atoms with van der Waals surface area (Å²) in [7, 11) is 1.41. The fraction of sp³-hybridized carbons (Fsp3) is 0.500. The minimum atomic E-state index is -0.227. The van der Waals surface area contributed by atoms with Crippen LogP contribution in [0.4, 0.5) is 5.82 Å². The van der Waals surface area contributed by atoms with Crippen molar-refractivity contribution in [2.45, 2.75) is 45.0 Å². The molecule has 0 radical (unpaired) electrons. The zero-order chi connectivity index (χ0) is 21.2. The molecule has 30 heavy (non-hydrogen) atoms. The van der Waals surface area contributed by atoms with Crippen LogP contribution < -0.4 is 10.9 Å². The molecular formula is C22H30N4O4. The lowest BCUT2D eigenvalue weighted by Crippen LogP contribution is -2.45. The van der Waals surface area contributed by atoms with E-state index >= 15 is 0 Å². The molecular weight excluding hydrogens is 384 g/mol. The zero-order valence-electron chi connectivity index (χ0n) is 17.5. The summed E-state index contributed by atoms with van der Waals surface area (Å²) in [4.78, 5) is 11.1. The normalized spacial score (nSPS) is 21.7. The van der Waals surface area contributed by atoms with Gasteiger partial charge in [-0.25, -0.2) is 5.43 Å². The number of fused-ring (bicyclic) bond motifs is 1. The van der Waals surface area contributed by atoms with Gasteiger partial charge in [0, 0.05) is 29.7 Å². The van der Waals surface area contributed by atoms with Crippen LogP contribution >= 0.6 is 0 Å². The number of nitrogens with zero attached hydrogens (tertiary/aromatic N) is 2. The van der Waals surface area contributed by atoms with E-state index in [-0.39, 0.29) is 24.3 Å². The number of methoxy groups -OCH3 is 1. The molecule has 0 amide bonds. The van der Waals surface area contributed by atoms with Crippen molar-refractivity contribution in [1.29, 1.82) is 0 Å². The summed E-state index contributed by atoms with van der Waals surface area (Å²) in [6.45, 7) is 3.17. The maximum atomic E-state index is 11.1. The number of benzene rings is 1. The molecule has 8 heteroatoms. The number of esters is 1. The van der Waals surface area contributed by atoms with Gasteiger partial charge in [-0.2, -0.15) is 5.10 Å². The van der Waals surface area contributed by atoms with E-state index < -0.39 is 0 Å². The molecule has 1 aromatic carbocycles. The summed E-state index contributed by atoms with van der Waals surface area (Å²) in [5.74, 6) is 0.766. The van der Waals surface area contributed by atoms with Gasteiger partial charge in [0.1, 0.15) is 0 Å². The van der Waals surface area contributed by atoms with Crippen molar-refractivity contribution in [2.24, 2.45) is 5.92 Å². The van der Waals surface area contributed by atoms with E-state index in [2.05, 4.69) is 37.9 Å². The highest BCUT2D eigenvalue weighted by Gasteiger charge is 2.29. The van der Waals surface area contributed by atoms with Gasteiger partial charge in [-0.1, -0.05) is 36.4 Å². The van der Waals surface area contributed by atoms with Gasteiger partial charge in [-0.05, 0) is 26.2 Å². The van der Waals surface area contributed by atoms with Crippen molar-refractivity contribution < 1.29 is 19.0 Å². The zero-order valence-corrected chi connectivity index (χ0v) is 17.5. The van der Waals surface area contributed by atoms with Gasteiger partial charge in [0.2, 0.25) is 0 Å². The van der Waals surface area contributed by atoms with Crippen molar-refractivity contribution in [1.82, 2.24) is 15.6 Å². The molecule has 1 fully saturated rings. The highest BCUT2D eigenvalue weighted by Crippen LogP contribution is 2.23. The predicted octanol–water partition coefficient (Wildman–Crippen LogP) is 3.21. The van der Waals surface area contributed by atoms with Crippen LogP contribution in [0.5, 0.6) is 0 Å². The largest absolute Gasteiger partial charge is 0.469 e. The van der Waals surface area contributed by atoms with E-state index in [0.717, 1.165) is 30.0 Å². The predicted molar refractivity (Wildman–Crippen MR) is 115 cm³/mol. The van der Waals surface area contributed by atoms with Crippen LogP contribution in [0.2, 0.25) is 0 Å². The van der Waals surface area contributed by atoms with Gasteiger partial charge >= 0.3 is 5.97 Å². The number of allylic oxidation sites excluding steroid dienone is 2. The number of hydrogen-bond donors (Lipinski definition) is 2. The fourth-order valence-corrected chi connectivity index (χ4v) is 3.41. The molecule has 2 aromatic rings. The van der Waals surface area contributed by atoms with Gasteiger partial charge < -0.3 is 19.6 Å². The second-order valence-electron chi connectivity index (χ2n) is 7.30. The van der Waals surface area contributed by atoms with E-state index in [1.165, 1.54) is 7.11 Å². The first kappa shape index (κ1) is 22.1. The molecule has 162 valence electrons. The summed E-state index contributed by atoms with van der Waals surface area (Å²) in [5, 5.41) is 10.3. The van der Waals surface area contributed by atoms with Crippen molar-refractivity contribution >= 4 is 22.6 Å². The molecule has 3 rings (SSSR count). The van der Waals surface area contributed by atoms with E-state index in [0.29, 0.717) is 25.4 Å². The Hall–Kier alpha value is -2.55. The number of nitrogens with one attached hydrogen (secondary N) is 2. The molecule has 0 aliphatic carbocycles. The lowest BCUT2D eigenvalue weighted by Gasteiger charge is -2.35. The number of unbranched alkanes of at least 4 members (excludes halogenated alkanes) is 1. The lowest BCUT2D eigenvalue weighted by atomic mass is 9.97. The Bertz CT molecular complexity index is 840. The van der Waals surface area contributed by atoms with Crippen LogP contribution in [0.3, 0.4) is 0 Å². The highest BCUT2D eigenvalue weighted by molar-refractivity contribution is 5.90. The second-order valence-corrected chi connectivity index (χ2v) is 7.30. The van der Waals surface area contributed by atoms with Crippen molar-refractivity contribution in [3.8, 4) is 0 Å². The SMILES string of the molecule is COC(=O)CCC/C=C\C[C@H]1CO[C@@H](C)O[C@H]1CNNc1nncc2ccccc12. The third-order valence-electron chi connectivity index (χ3n) is 5.10. The Morgan fingerprint density at radius 2 is 2.20 bits per heavy atom. The summed E-state index contributed by atoms with van der Waals surface area (Å²) in [6.07, 6.45) is 8.71. The minimum absolute atomic E-state index is 0.00362. The molecule has 1 aromatic heterocycles. The topological polar surface area (TPSA) is 94.6 Å². The third kappa shape index (κ3) is 6.48. The molecule has 2 heterocycles. The molecule has 8 nitrogen and oxygen atoms in total. The molecule has 1 aliphatic rings. The van der Waals surface area contributed by atoms with Crippen LogP contribution in [0.15, 0.2) is 42.6 Å². The number of aromatic nitrogens is 2. The molecule has 3 atom stereocenters. The van der Waals surface area contributed by atoms with Crippen LogP contribution in [0, 0.1) is 5.92 Å². The van der Waals surface area contributed by atoms with Crippen molar-refractivity contribution in [2.75, 3.05) is 25.7 Å². The first-order chi connectivity index (χ1) is 14.7. The number of hydrogen-bond acceptors (Lipinski definition) is 8. The number of rotatable bonds is 10. The summed E-state index contributed by atoms with van der Waals surface area (Å²) < 4.78 is 16.3. The van der Waals surface area contributed by atoms with Gasteiger partial charge in [0.25, 0.3) is 0 Å². The molecule has 1 aliphatic heterocycles. The Balaban J connectivity index is 1.48. The Morgan fingerprint density at radius 1 is 1.33 bits per heavy atom. The number of carbonyl (C=O) groups is 1. The van der Waals surface area contributed by atoms with Crippen LogP contribution in [-0.4, -0.2) is 48.8 Å². The van der Waals surface area contributed by atoms with Gasteiger partial charge in [0.15, 0.2) is 12.1 Å². The number of anilines is 1. The molecule has 0 spiro atoms. The summed E-state index contributed by atoms with van der Waals surface area (Å²) >= 11 is 0. The van der Waals surface area contributed by atoms with E-state index in [4.69, 9.17) is 9.47 Å². The lowest BCUT2D eigenvalue weighted by molar-refractivity contribution is -0.225.